The summed E-state index contributed by atoms with van der Waals surface area (Å²) >= 11 is 0. The smallest absolute Gasteiger partial charge is 0.256 e. The molecule has 0 radical (unpaired) electrons. The van der Waals surface area contributed by atoms with Crippen molar-refractivity contribution in [2.45, 2.75) is 20.8 Å². The fourth-order valence-corrected chi connectivity index (χ4v) is 3.50. The SMILES string of the molecule is CCNc1nc(-c2ccc(F)cc2C)c2ccc(=O)n(-c3ccccc3C)c2n1. The van der Waals surface area contributed by atoms with E-state index in [1.807, 2.05) is 45.0 Å². The number of rotatable bonds is 4. The molecule has 0 bridgehead atoms. The molecular weight excluding hydrogens is 367 g/mol. The second-order valence-corrected chi connectivity index (χ2v) is 6.92. The Labute approximate surface area is 167 Å². The number of hydrogen-bond acceptors (Lipinski definition) is 4. The summed E-state index contributed by atoms with van der Waals surface area (Å²) in [7, 11) is 0. The van der Waals surface area contributed by atoms with E-state index in [9.17, 15) is 9.18 Å². The highest BCUT2D eigenvalue weighted by Crippen LogP contribution is 2.30. The van der Waals surface area contributed by atoms with Crippen LogP contribution in [0.25, 0.3) is 28.0 Å². The zero-order valence-corrected chi connectivity index (χ0v) is 16.5. The summed E-state index contributed by atoms with van der Waals surface area (Å²) < 4.78 is 15.3. The first-order valence-electron chi connectivity index (χ1n) is 9.50. The third kappa shape index (κ3) is 3.38. The highest BCUT2D eigenvalue weighted by molar-refractivity contribution is 5.93. The first-order valence-corrected chi connectivity index (χ1v) is 9.50. The highest BCUT2D eigenvalue weighted by atomic mass is 19.1. The molecule has 2 heterocycles. The van der Waals surface area contributed by atoms with Gasteiger partial charge in [0.05, 0.1) is 11.4 Å². The van der Waals surface area contributed by atoms with Gasteiger partial charge in [-0.05, 0) is 62.2 Å². The van der Waals surface area contributed by atoms with Crippen LogP contribution in [0, 0.1) is 19.7 Å². The maximum atomic E-state index is 13.7. The summed E-state index contributed by atoms with van der Waals surface area (Å²) in [5.74, 6) is 0.125. The van der Waals surface area contributed by atoms with Crippen molar-refractivity contribution in [1.82, 2.24) is 14.5 Å². The normalized spacial score (nSPS) is 11.0. The van der Waals surface area contributed by atoms with Crippen LogP contribution in [0.5, 0.6) is 0 Å². The summed E-state index contributed by atoms with van der Waals surface area (Å²) in [6, 6.07) is 15.5. The molecule has 0 spiro atoms. The predicted octanol–water partition coefficient (Wildman–Crippen LogP) is 4.64. The number of nitrogens with zero attached hydrogens (tertiary/aromatic N) is 3. The molecule has 0 saturated carbocycles. The van der Waals surface area contributed by atoms with Gasteiger partial charge in [-0.25, -0.2) is 9.37 Å². The van der Waals surface area contributed by atoms with Crippen LogP contribution in [0.4, 0.5) is 10.3 Å². The van der Waals surface area contributed by atoms with E-state index in [1.54, 1.807) is 16.7 Å². The van der Waals surface area contributed by atoms with Crippen molar-refractivity contribution >= 4 is 17.0 Å². The maximum absolute atomic E-state index is 13.7. The van der Waals surface area contributed by atoms with Gasteiger partial charge in [-0.1, -0.05) is 18.2 Å². The fraction of sp³-hybridized carbons (Fsp3) is 0.174. The average molecular weight is 388 g/mol. The minimum Gasteiger partial charge on any atom is -0.354 e. The zero-order valence-electron chi connectivity index (χ0n) is 16.5. The molecule has 2 aromatic heterocycles. The van der Waals surface area contributed by atoms with Crippen molar-refractivity contribution in [3.8, 4) is 16.9 Å². The summed E-state index contributed by atoms with van der Waals surface area (Å²) in [5, 5.41) is 3.87. The molecule has 0 saturated heterocycles. The molecular formula is C23H21FN4O. The Morgan fingerprint density at radius 1 is 1.00 bits per heavy atom. The van der Waals surface area contributed by atoms with E-state index < -0.39 is 0 Å². The summed E-state index contributed by atoms with van der Waals surface area (Å²) in [4.78, 5) is 22.2. The first-order chi connectivity index (χ1) is 14.0. The van der Waals surface area contributed by atoms with Crippen LogP contribution >= 0.6 is 0 Å². The van der Waals surface area contributed by atoms with Crippen molar-refractivity contribution in [3.05, 3.63) is 81.9 Å². The third-order valence-electron chi connectivity index (χ3n) is 4.89. The monoisotopic (exact) mass is 388 g/mol. The van der Waals surface area contributed by atoms with Gasteiger partial charge in [-0.3, -0.25) is 9.36 Å². The Bertz CT molecular complexity index is 1280. The number of fused-ring (bicyclic) bond motifs is 1. The van der Waals surface area contributed by atoms with Crippen molar-refractivity contribution < 1.29 is 4.39 Å². The van der Waals surface area contributed by atoms with Gasteiger partial charge in [0, 0.05) is 23.6 Å². The maximum Gasteiger partial charge on any atom is 0.256 e. The van der Waals surface area contributed by atoms with Gasteiger partial charge in [-0.15, -0.1) is 0 Å². The fourth-order valence-electron chi connectivity index (χ4n) is 3.50. The highest BCUT2D eigenvalue weighted by Gasteiger charge is 2.17. The van der Waals surface area contributed by atoms with E-state index in [4.69, 9.17) is 0 Å². The van der Waals surface area contributed by atoms with Crippen molar-refractivity contribution in [3.63, 3.8) is 0 Å². The second-order valence-electron chi connectivity index (χ2n) is 6.92. The second kappa shape index (κ2) is 7.47. The Balaban J connectivity index is 2.12. The number of pyridine rings is 1. The minimum absolute atomic E-state index is 0.172. The molecule has 4 rings (SSSR count). The molecule has 0 aliphatic rings. The Morgan fingerprint density at radius 2 is 1.79 bits per heavy atom. The van der Waals surface area contributed by atoms with E-state index in [1.165, 1.54) is 18.2 Å². The van der Waals surface area contributed by atoms with Crippen LogP contribution in [-0.4, -0.2) is 21.1 Å². The average Bonchev–Trinajstić information content (AvgIpc) is 2.69. The number of hydrogen-bond donors (Lipinski definition) is 1. The number of para-hydroxylation sites is 1. The lowest BCUT2D eigenvalue weighted by molar-refractivity contribution is 0.627. The van der Waals surface area contributed by atoms with Crippen LogP contribution in [0.15, 0.2) is 59.4 Å². The van der Waals surface area contributed by atoms with E-state index in [2.05, 4.69) is 15.3 Å². The standard InChI is InChI=1S/C23H21FN4O/c1-4-25-23-26-21(17-10-9-16(24)13-15(17)3)18-11-12-20(29)28(22(18)27-23)19-8-6-5-7-14(19)2/h5-13H,4H2,1-3H3,(H,25,26,27). The third-order valence-corrected chi connectivity index (χ3v) is 4.89. The summed E-state index contributed by atoms with van der Waals surface area (Å²) in [5.41, 5.74) is 4.29. The molecule has 2 aromatic carbocycles. The van der Waals surface area contributed by atoms with Crippen LogP contribution < -0.4 is 10.9 Å². The summed E-state index contributed by atoms with van der Waals surface area (Å²) in [6.45, 7) is 6.39. The molecule has 0 aliphatic heterocycles. The molecule has 146 valence electrons. The van der Waals surface area contributed by atoms with Crippen LogP contribution in [0.2, 0.25) is 0 Å². The van der Waals surface area contributed by atoms with Gasteiger partial charge in [0.2, 0.25) is 5.95 Å². The molecule has 0 atom stereocenters. The molecule has 0 unspecified atom stereocenters. The molecule has 0 fully saturated rings. The van der Waals surface area contributed by atoms with Gasteiger partial charge in [0.15, 0.2) is 5.65 Å². The molecule has 6 heteroatoms. The quantitative estimate of drug-likeness (QED) is 0.553. The van der Waals surface area contributed by atoms with E-state index in [0.29, 0.717) is 23.8 Å². The Morgan fingerprint density at radius 3 is 2.52 bits per heavy atom. The van der Waals surface area contributed by atoms with Gasteiger partial charge < -0.3 is 5.32 Å². The van der Waals surface area contributed by atoms with E-state index in [-0.39, 0.29) is 11.4 Å². The van der Waals surface area contributed by atoms with Crippen molar-refractivity contribution in [2.24, 2.45) is 0 Å². The van der Waals surface area contributed by atoms with E-state index in [0.717, 1.165) is 27.8 Å². The van der Waals surface area contributed by atoms with Crippen LogP contribution in [0.3, 0.4) is 0 Å². The van der Waals surface area contributed by atoms with Gasteiger partial charge in [0.1, 0.15) is 5.82 Å². The number of anilines is 1. The number of aromatic nitrogens is 3. The molecule has 4 aromatic rings. The Hall–Kier alpha value is -3.54. The van der Waals surface area contributed by atoms with Crippen molar-refractivity contribution in [2.75, 3.05) is 11.9 Å². The molecule has 5 nitrogen and oxygen atoms in total. The largest absolute Gasteiger partial charge is 0.354 e. The van der Waals surface area contributed by atoms with Gasteiger partial charge in [-0.2, -0.15) is 4.98 Å². The number of nitrogens with one attached hydrogen (secondary N) is 1. The van der Waals surface area contributed by atoms with Crippen LogP contribution in [0.1, 0.15) is 18.1 Å². The topological polar surface area (TPSA) is 59.8 Å². The zero-order chi connectivity index (χ0) is 20.5. The van der Waals surface area contributed by atoms with Gasteiger partial charge >= 0.3 is 0 Å². The number of aryl methyl sites for hydroxylation is 2. The minimum atomic E-state index is -0.298. The number of benzene rings is 2. The summed E-state index contributed by atoms with van der Waals surface area (Å²) in [6.07, 6.45) is 0. The first kappa shape index (κ1) is 18.8. The van der Waals surface area contributed by atoms with Crippen LogP contribution in [-0.2, 0) is 0 Å². The molecule has 0 aliphatic carbocycles. The predicted molar refractivity (Wildman–Crippen MR) is 114 cm³/mol. The molecule has 1 N–H and O–H groups in total. The number of halogens is 1. The lowest BCUT2D eigenvalue weighted by atomic mass is 10.0. The Kier molecular flexibility index (Phi) is 4.84. The lowest BCUT2D eigenvalue weighted by Gasteiger charge is -2.16. The van der Waals surface area contributed by atoms with Crippen molar-refractivity contribution in [1.29, 1.82) is 0 Å². The van der Waals surface area contributed by atoms with E-state index >= 15 is 0 Å². The molecule has 29 heavy (non-hydrogen) atoms. The molecule has 0 amide bonds. The lowest BCUT2D eigenvalue weighted by Crippen LogP contribution is -2.20. The van der Waals surface area contributed by atoms with Gasteiger partial charge in [0.25, 0.3) is 5.56 Å².